The topological polar surface area (TPSA) is 76.5 Å². The lowest BCUT2D eigenvalue weighted by Crippen LogP contribution is -2.35. The van der Waals surface area contributed by atoms with E-state index in [4.69, 9.17) is 9.47 Å². The van der Waals surface area contributed by atoms with Gasteiger partial charge in [0.1, 0.15) is 6.10 Å². The average Bonchev–Trinajstić information content (AvgIpc) is 3.12. The van der Waals surface area contributed by atoms with Crippen molar-refractivity contribution in [3.05, 3.63) is 29.8 Å². The number of aliphatic hydroxyl groups excluding tert-OH is 1. The number of benzene rings is 1. The van der Waals surface area contributed by atoms with Crippen LogP contribution in [0, 0.1) is 6.92 Å². The number of hydrogen-bond donors (Lipinski definition) is 2. The maximum Gasteiger partial charge on any atom is 0.202 e. The van der Waals surface area contributed by atoms with Crippen molar-refractivity contribution in [2.45, 2.75) is 38.8 Å². The zero-order chi connectivity index (χ0) is 16.4. The summed E-state index contributed by atoms with van der Waals surface area (Å²) in [6, 6.07) is 8.00. The number of hydrogen-bond acceptors (Lipinski definition) is 7. The van der Waals surface area contributed by atoms with E-state index in [-0.39, 0.29) is 6.10 Å². The summed E-state index contributed by atoms with van der Waals surface area (Å²) < 4.78 is 15.5. The quantitative estimate of drug-likeness (QED) is 0.874. The van der Waals surface area contributed by atoms with Crippen LogP contribution in [0.25, 0.3) is 11.4 Å². The molecule has 0 saturated carbocycles. The zero-order valence-corrected chi connectivity index (χ0v) is 14.3. The Morgan fingerprint density at radius 3 is 2.91 bits per heavy atom. The molecule has 1 aliphatic rings. The molecule has 1 fully saturated rings. The van der Waals surface area contributed by atoms with E-state index in [9.17, 15) is 5.11 Å². The maximum atomic E-state index is 10.2. The van der Waals surface area contributed by atoms with Gasteiger partial charge < -0.3 is 19.9 Å². The molecule has 6 nitrogen and oxygen atoms in total. The monoisotopic (exact) mass is 335 g/mol. The summed E-state index contributed by atoms with van der Waals surface area (Å²) in [6.07, 6.45) is -0.996. The Labute approximate surface area is 139 Å². The van der Waals surface area contributed by atoms with Crippen molar-refractivity contribution in [1.29, 1.82) is 0 Å². The van der Waals surface area contributed by atoms with Gasteiger partial charge in [-0.3, -0.25) is 0 Å². The lowest BCUT2D eigenvalue weighted by molar-refractivity contribution is -0.149. The zero-order valence-electron chi connectivity index (χ0n) is 13.4. The summed E-state index contributed by atoms with van der Waals surface area (Å²) in [4.78, 5) is 4.48. The van der Waals surface area contributed by atoms with Gasteiger partial charge in [0.2, 0.25) is 5.13 Å². The molecular formula is C16H21N3O3S. The first kappa shape index (κ1) is 16.3. The number of rotatable bonds is 5. The van der Waals surface area contributed by atoms with Crippen LogP contribution in [0.4, 0.5) is 5.13 Å². The van der Waals surface area contributed by atoms with Crippen LogP contribution < -0.4 is 5.32 Å². The molecule has 3 rings (SSSR count). The number of ether oxygens (including phenoxy) is 2. The van der Waals surface area contributed by atoms with Crippen LogP contribution in [-0.4, -0.2) is 45.6 Å². The second kappa shape index (κ2) is 6.52. The highest BCUT2D eigenvalue weighted by atomic mass is 32.1. The summed E-state index contributed by atoms with van der Waals surface area (Å²) in [5.41, 5.74) is 2.15. The van der Waals surface area contributed by atoms with Crippen molar-refractivity contribution in [3.63, 3.8) is 0 Å². The molecule has 1 aromatic carbocycles. The van der Waals surface area contributed by atoms with Gasteiger partial charge in [-0.25, -0.2) is 0 Å². The molecule has 2 N–H and O–H groups in total. The number of nitrogens with one attached hydrogen (secondary N) is 1. The van der Waals surface area contributed by atoms with E-state index >= 15 is 0 Å². The van der Waals surface area contributed by atoms with Crippen LogP contribution in [0.5, 0.6) is 0 Å². The molecule has 0 amide bonds. The molecule has 0 radical (unpaired) electrons. The third-order valence-corrected chi connectivity index (χ3v) is 4.41. The van der Waals surface area contributed by atoms with Crippen molar-refractivity contribution in [1.82, 2.24) is 9.36 Å². The molecule has 2 aromatic rings. The van der Waals surface area contributed by atoms with Crippen molar-refractivity contribution in [2.75, 3.05) is 18.5 Å². The molecule has 0 spiro atoms. The van der Waals surface area contributed by atoms with Gasteiger partial charge in [0, 0.05) is 23.6 Å². The fourth-order valence-corrected chi connectivity index (χ4v) is 3.04. The van der Waals surface area contributed by atoms with Gasteiger partial charge in [0.15, 0.2) is 11.6 Å². The Morgan fingerprint density at radius 1 is 1.43 bits per heavy atom. The molecular weight excluding hydrogens is 314 g/mol. The maximum absolute atomic E-state index is 10.2. The lowest BCUT2D eigenvalue weighted by atomic mass is 10.1. The highest BCUT2D eigenvalue weighted by Crippen LogP contribution is 2.26. The number of aromatic nitrogens is 2. The van der Waals surface area contributed by atoms with E-state index in [1.54, 1.807) is 0 Å². The van der Waals surface area contributed by atoms with E-state index in [0.29, 0.717) is 24.1 Å². The number of anilines is 1. The molecule has 0 aliphatic carbocycles. The van der Waals surface area contributed by atoms with Gasteiger partial charge in [0.25, 0.3) is 0 Å². The van der Waals surface area contributed by atoms with Crippen LogP contribution >= 0.6 is 11.5 Å². The summed E-state index contributed by atoms with van der Waals surface area (Å²) in [6.45, 7) is 6.44. The third-order valence-electron chi connectivity index (χ3n) is 3.73. The van der Waals surface area contributed by atoms with Crippen LogP contribution in [0.2, 0.25) is 0 Å². The Hall–Kier alpha value is -1.54. The first-order chi connectivity index (χ1) is 10.9. The standard InChI is InChI=1S/C16H21N3O3S/c1-10-6-4-5-7-11(10)14-18-15(23-19-14)17-8-12(20)13-9-21-16(2,3)22-13/h4-7,12-13,20H,8-9H2,1-3H3,(H,17,18,19)/t12?,13-/m1/s1. The second-order valence-electron chi connectivity index (χ2n) is 6.05. The SMILES string of the molecule is Cc1ccccc1-c1nsc(NCC(O)[C@H]2COC(C)(C)O2)n1. The fraction of sp³-hybridized carbons (Fsp3) is 0.500. The van der Waals surface area contributed by atoms with Crippen LogP contribution in [0.3, 0.4) is 0 Å². The van der Waals surface area contributed by atoms with Crippen LogP contribution in [0.1, 0.15) is 19.4 Å². The Kier molecular flexibility index (Phi) is 4.63. The fourth-order valence-electron chi connectivity index (χ4n) is 2.46. The highest BCUT2D eigenvalue weighted by Gasteiger charge is 2.36. The molecule has 2 heterocycles. The van der Waals surface area contributed by atoms with Gasteiger partial charge in [-0.2, -0.15) is 9.36 Å². The molecule has 2 atom stereocenters. The first-order valence-corrected chi connectivity index (χ1v) is 8.35. The molecule has 7 heteroatoms. The lowest BCUT2D eigenvalue weighted by Gasteiger charge is -2.20. The molecule has 1 aromatic heterocycles. The van der Waals surface area contributed by atoms with Gasteiger partial charge in [-0.1, -0.05) is 24.3 Å². The van der Waals surface area contributed by atoms with Gasteiger partial charge in [-0.15, -0.1) is 0 Å². The number of nitrogens with zero attached hydrogens (tertiary/aromatic N) is 2. The Balaban J connectivity index is 1.59. The third kappa shape index (κ3) is 3.87. The summed E-state index contributed by atoms with van der Waals surface area (Å²) in [7, 11) is 0. The minimum Gasteiger partial charge on any atom is -0.388 e. The van der Waals surface area contributed by atoms with E-state index in [0.717, 1.165) is 11.1 Å². The normalized spacial score (nSPS) is 21.3. The number of aliphatic hydroxyl groups is 1. The van der Waals surface area contributed by atoms with Gasteiger partial charge in [-0.05, 0) is 26.3 Å². The summed E-state index contributed by atoms with van der Waals surface area (Å²) >= 11 is 1.28. The van der Waals surface area contributed by atoms with E-state index < -0.39 is 11.9 Å². The largest absolute Gasteiger partial charge is 0.388 e. The Bertz CT molecular complexity index is 674. The molecule has 1 aliphatic heterocycles. The van der Waals surface area contributed by atoms with Gasteiger partial charge >= 0.3 is 0 Å². The van der Waals surface area contributed by atoms with Crippen molar-refractivity contribution in [2.24, 2.45) is 0 Å². The number of aryl methyl sites for hydroxylation is 1. The predicted molar refractivity (Wildman–Crippen MR) is 89.5 cm³/mol. The van der Waals surface area contributed by atoms with Crippen molar-refractivity contribution in [3.8, 4) is 11.4 Å². The summed E-state index contributed by atoms with van der Waals surface area (Å²) in [5, 5.41) is 14.0. The van der Waals surface area contributed by atoms with E-state index in [2.05, 4.69) is 14.7 Å². The average molecular weight is 335 g/mol. The first-order valence-electron chi connectivity index (χ1n) is 7.58. The molecule has 124 valence electrons. The Morgan fingerprint density at radius 2 is 2.22 bits per heavy atom. The van der Waals surface area contributed by atoms with Crippen molar-refractivity contribution < 1.29 is 14.6 Å². The van der Waals surface area contributed by atoms with Crippen molar-refractivity contribution >= 4 is 16.7 Å². The predicted octanol–water partition coefficient (Wildman–Crippen LogP) is 2.44. The highest BCUT2D eigenvalue weighted by molar-refractivity contribution is 7.09. The molecule has 1 saturated heterocycles. The van der Waals surface area contributed by atoms with E-state index in [1.807, 2.05) is 45.0 Å². The minimum absolute atomic E-state index is 0.332. The second-order valence-corrected chi connectivity index (χ2v) is 6.81. The smallest absolute Gasteiger partial charge is 0.202 e. The van der Waals surface area contributed by atoms with Crippen LogP contribution in [-0.2, 0) is 9.47 Å². The van der Waals surface area contributed by atoms with Crippen LogP contribution in [0.15, 0.2) is 24.3 Å². The minimum atomic E-state index is -0.664. The van der Waals surface area contributed by atoms with E-state index in [1.165, 1.54) is 11.5 Å². The van der Waals surface area contributed by atoms with Gasteiger partial charge in [0.05, 0.1) is 12.7 Å². The molecule has 0 bridgehead atoms. The summed E-state index contributed by atoms with van der Waals surface area (Å²) in [5.74, 6) is 0.0681. The molecule has 23 heavy (non-hydrogen) atoms. The molecule has 1 unspecified atom stereocenters.